The number of amides is 1. The van der Waals surface area contributed by atoms with Crippen molar-refractivity contribution in [3.8, 4) is 0 Å². The number of nitrogens with one attached hydrogen (secondary N) is 1. The zero-order valence-electron chi connectivity index (χ0n) is 17.6. The van der Waals surface area contributed by atoms with E-state index in [1.165, 1.54) is 50.5 Å². The molecule has 8 heteroatoms. The summed E-state index contributed by atoms with van der Waals surface area (Å²) in [7, 11) is 3.17. The molecule has 3 N–H and O–H groups in total. The Morgan fingerprint density at radius 3 is 2.25 bits per heavy atom. The third-order valence-electron chi connectivity index (χ3n) is 5.29. The largest absolute Gasteiger partial charge is 0.376 e. The lowest BCUT2D eigenvalue weighted by molar-refractivity contribution is -0.680. The van der Waals surface area contributed by atoms with E-state index in [1.807, 2.05) is 19.0 Å². The van der Waals surface area contributed by atoms with Crippen LogP contribution in [0.3, 0.4) is 0 Å². The number of hydrogen-bond donors (Lipinski definition) is 2. The van der Waals surface area contributed by atoms with Gasteiger partial charge in [-0.15, -0.1) is 0 Å². The normalized spacial score (nSPS) is 16.5. The molecule has 28 heavy (non-hydrogen) atoms. The second-order valence-corrected chi connectivity index (χ2v) is 10.1. The van der Waals surface area contributed by atoms with Crippen molar-refractivity contribution in [2.45, 2.75) is 55.9 Å². The summed E-state index contributed by atoms with van der Waals surface area (Å²) < 4.78 is 26.0. The molecule has 0 radical (unpaired) electrons. The van der Waals surface area contributed by atoms with Gasteiger partial charge in [-0.1, -0.05) is 19.3 Å². The fourth-order valence-electron chi connectivity index (χ4n) is 3.57. The number of nitrogens with two attached hydrogens (primary N) is 1. The maximum absolute atomic E-state index is 12.6. The molecule has 1 saturated carbocycles. The maximum Gasteiger partial charge on any atom is 0.279 e. The van der Waals surface area contributed by atoms with Gasteiger partial charge in [0.15, 0.2) is 6.54 Å². The maximum atomic E-state index is 12.6. The van der Waals surface area contributed by atoms with Gasteiger partial charge in [0.1, 0.15) is 0 Å². The van der Waals surface area contributed by atoms with E-state index in [1.54, 1.807) is 18.2 Å². The van der Waals surface area contributed by atoms with Crippen LogP contribution < -0.4 is 15.5 Å². The summed E-state index contributed by atoms with van der Waals surface area (Å²) >= 11 is 0. The van der Waals surface area contributed by atoms with Crippen molar-refractivity contribution in [2.75, 3.05) is 45.0 Å². The van der Waals surface area contributed by atoms with E-state index in [2.05, 4.69) is 10.6 Å². The van der Waals surface area contributed by atoms with Gasteiger partial charge < -0.3 is 15.5 Å². The summed E-state index contributed by atoms with van der Waals surface area (Å²) in [6.45, 7) is 0.349. The molecule has 7 nitrogen and oxygen atoms in total. The molecule has 0 heterocycles. The average molecular weight is 412 g/mol. The van der Waals surface area contributed by atoms with Gasteiger partial charge in [-0.2, -0.15) is 0 Å². The van der Waals surface area contributed by atoms with Crippen LogP contribution in [0, 0.1) is 0 Å². The first-order valence-electron chi connectivity index (χ1n) is 10.1. The third kappa shape index (κ3) is 6.18. The Morgan fingerprint density at radius 2 is 1.68 bits per heavy atom. The van der Waals surface area contributed by atoms with Gasteiger partial charge in [-0.05, 0) is 43.9 Å². The number of sulfonamides is 1. The summed E-state index contributed by atoms with van der Waals surface area (Å²) in [4.78, 5) is 14.6. The first kappa shape index (κ1) is 22.6. The van der Waals surface area contributed by atoms with E-state index < -0.39 is 10.0 Å². The molecule has 1 aliphatic carbocycles. The first-order chi connectivity index (χ1) is 13.2. The minimum atomic E-state index is -3.56. The topological polar surface area (TPSA) is 86.3 Å². The Hall–Kier alpha value is -1.64. The SMILES string of the molecule is CN(C)c1ccc(S(=O)(=O)N(C)C)cc1NC(=O)C[NH2+]C1CCCCCCC1. The van der Waals surface area contributed by atoms with Crippen LogP contribution in [-0.4, -0.2) is 59.4 Å². The summed E-state index contributed by atoms with van der Waals surface area (Å²) in [6, 6.07) is 5.34. The van der Waals surface area contributed by atoms with Gasteiger partial charge >= 0.3 is 0 Å². The van der Waals surface area contributed by atoms with Crippen molar-refractivity contribution in [1.29, 1.82) is 0 Å². The molecule has 0 aromatic heterocycles. The molecule has 0 unspecified atom stereocenters. The van der Waals surface area contributed by atoms with Crippen molar-refractivity contribution in [3.05, 3.63) is 18.2 Å². The highest BCUT2D eigenvalue weighted by atomic mass is 32.2. The third-order valence-corrected chi connectivity index (χ3v) is 7.10. The Balaban J connectivity index is 2.08. The Bertz CT molecular complexity index is 755. The smallest absolute Gasteiger partial charge is 0.279 e. The predicted octanol–water partition coefficient (Wildman–Crippen LogP) is 1.62. The molecule has 158 valence electrons. The van der Waals surface area contributed by atoms with Crippen LogP contribution in [0.5, 0.6) is 0 Å². The number of rotatable bonds is 7. The van der Waals surface area contributed by atoms with E-state index in [9.17, 15) is 13.2 Å². The standard InChI is InChI=1S/C20H34N4O3S/c1-23(2)19-13-12-17(28(26,27)24(3)4)14-18(19)22-20(25)15-21-16-10-8-6-5-7-9-11-16/h12-14,16,21H,5-11,15H2,1-4H3,(H,22,25)/p+1. The minimum Gasteiger partial charge on any atom is -0.376 e. The van der Waals surface area contributed by atoms with Crippen LogP contribution in [0.4, 0.5) is 11.4 Å². The second-order valence-electron chi connectivity index (χ2n) is 7.95. The van der Waals surface area contributed by atoms with E-state index >= 15 is 0 Å². The molecule has 0 spiro atoms. The number of carbonyl (C=O) groups is 1. The first-order valence-corrected chi connectivity index (χ1v) is 11.5. The van der Waals surface area contributed by atoms with Crippen LogP contribution in [-0.2, 0) is 14.8 Å². The van der Waals surface area contributed by atoms with Crippen molar-refractivity contribution in [3.63, 3.8) is 0 Å². The van der Waals surface area contributed by atoms with E-state index in [0.29, 0.717) is 18.3 Å². The van der Waals surface area contributed by atoms with Crippen LogP contribution >= 0.6 is 0 Å². The number of hydrogen-bond acceptors (Lipinski definition) is 4. The second kappa shape index (κ2) is 10.2. The van der Waals surface area contributed by atoms with Gasteiger partial charge in [-0.25, -0.2) is 12.7 Å². The van der Waals surface area contributed by atoms with Crippen molar-refractivity contribution < 1.29 is 18.5 Å². The lowest BCUT2D eigenvalue weighted by Crippen LogP contribution is -2.91. The number of carbonyl (C=O) groups excluding carboxylic acids is 1. The molecule has 0 atom stereocenters. The summed E-state index contributed by atoms with van der Waals surface area (Å²) in [5.74, 6) is -0.107. The molecule has 1 amide bonds. The highest BCUT2D eigenvalue weighted by Gasteiger charge is 2.21. The summed E-state index contributed by atoms with van der Waals surface area (Å²) in [5, 5.41) is 5.05. The van der Waals surface area contributed by atoms with Crippen molar-refractivity contribution in [2.24, 2.45) is 0 Å². The molecule has 1 fully saturated rings. The number of nitrogens with zero attached hydrogens (tertiary/aromatic N) is 2. The van der Waals surface area contributed by atoms with E-state index in [4.69, 9.17) is 0 Å². The average Bonchev–Trinajstić information content (AvgIpc) is 2.60. The van der Waals surface area contributed by atoms with E-state index in [-0.39, 0.29) is 10.8 Å². The van der Waals surface area contributed by atoms with Crippen LogP contribution in [0.15, 0.2) is 23.1 Å². The van der Waals surface area contributed by atoms with Crippen LogP contribution in [0.2, 0.25) is 0 Å². The Labute approximate surface area is 169 Å². The molecule has 1 aromatic carbocycles. The lowest BCUT2D eigenvalue weighted by Gasteiger charge is -2.21. The lowest BCUT2D eigenvalue weighted by atomic mass is 9.97. The van der Waals surface area contributed by atoms with Gasteiger partial charge in [0, 0.05) is 28.2 Å². The molecule has 0 saturated heterocycles. The molecule has 0 bridgehead atoms. The van der Waals surface area contributed by atoms with Crippen molar-refractivity contribution >= 4 is 27.3 Å². The Morgan fingerprint density at radius 1 is 1.07 bits per heavy atom. The zero-order chi connectivity index (χ0) is 20.7. The highest BCUT2D eigenvalue weighted by molar-refractivity contribution is 7.89. The molecular formula is C20H35N4O3S+. The number of benzene rings is 1. The molecular weight excluding hydrogens is 376 g/mol. The quantitative estimate of drug-likeness (QED) is 0.714. The number of anilines is 2. The number of quaternary nitrogens is 1. The van der Waals surface area contributed by atoms with Gasteiger partial charge in [-0.3, -0.25) is 4.79 Å². The fraction of sp³-hybridized carbons (Fsp3) is 0.650. The Kier molecular flexibility index (Phi) is 8.27. The monoisotopic (exact) mass is 411 g/mol. The van der Waals surface area contributed by atoms with Gasteiger partial charge in [0.2, 0.25) is 10.0 Å². The highest BCUT2D eigenvalue weighted by Crippen LogP contribution is 2.28. The van der Waals surface area contributed by atoms with Gasteiger partial charge in [0.25, 0.3) is 5.91 Å². The van der Waals surface area contributed by atoms with Crippen molar-refractivity contribution in [1.82, 2.24) is 4.31 Å². The molecule has 2 rings (SSSR count). The van der Waals surface area contributed by atoms with Crippen LogP contribution in [0.25, 0.3) is 0 Å². The predicted molar refractivity (Wildman–Crippen MR) is 113 cm³/mol. The fourth-order valence-corrected chi connectivity index (χ4v) is 4.50. The molecule has 1 aliphatic rings. The summed E-state index contributed by atoms with van der Waals surface area (Å²) in [6.07, 6.45) is 8.69. The van der Waals surface area contributed by atoms with E-state index in [0.717, 1.165) is 18.5 Å². The van der Waals surface area contributed by atoms with Gasteiger partial charge in [0.05, 0.1) is 22.3 Å². The molecule has 1 aromatic rings. The van der Waals surface area contributed by atoms with Crippen LogP contribution in [0.1, 0.15) is 44.9 Å². The molecule has 0 aliphatic heterocycles. The summed E-state index contributed by atoms with van der Waals surface area (Å²) in [5.41, 5.74) is 1.29. The zero-order valence-corrected chi connectivity index (χ0v) is 18.4. The minimum absolute atomic E-state index is 0.107.